The number of para-hydroxylation sites is 1. The molecule has 0 saturated heterocycles. The minimum absolute atomic E-state index is 0.248. The van der Waals surface area contributed by atoms with Crippen LogP contribution in [-0.4, -0.2) is 25.6 Å². The summed E-state index contributed by atoms with van der Waals surface area (Å²) in [5, 5.41) is 2.66. The van der Waals surface area contributed by atoms with E-state index in [2.05, 4.69) is 5.32 Å². The van der Waals surface area contributed by atoms with Crippen LogP contribution < -0.4 is 10.1 Å². The molecule has 1 aromatic rings. The summed E-state index contributed by atoms with van der Waals surface area (Å²) in [4.78, 5) is 22.3. The summed E-state index contributed by atoms with van der Waals surface area (Å²) >= 11 is 0. The Morgan fingerprint density at radius 2 is 2.00 bits per heavy atom. The van der Waals surface area contributed by atoms with E-state index in [-0.39, 0.29) is 24.9 Å². The molecule has 0 aromatic heterocycles. The first-order valence-electron chi connectivity index (χ1n) is 5.71. The molecule has 5 heteroatoms. The van der Waals surface area contributed by atoms with Crippen LogP contribution >= 0.6 is 0 Å². The molecule has 0 radical (unpaired) electrons. The number of nitrogens with one attached hydrogen (secondary N) is 1. The Hall–Kier alpha value is -2.04. The first kappa shape index (κ1) is 14.0. The number of rotatable bonds is 6. The molecule has 1 rings (SSSR count). The molecule has 5 nitrogen and oxygen atoms in total. The number of carbonyl (C=O) groups excluding carboxylic acids is 2. The van der Waals surface area contributed by atoms with Crippen molar-refractivity contribution in [2.75, 3.05) is 13.7 Å². The van der Waals surface area contributed by atoms with Crippen LogP contribution in [0.4, 0.5) is 0 Å². The Balaban J connectivity index is 2.40. The number of benzene rings is 1. The fourth-order valence-electron chi connectivity index (χ4n) is 1.34. The Labute approximate surface area is 106 Å². The SMILES string of the molecule is CCC(=O)OCC(=O)NCc1ccccc1OC. The van der Waals surface area contributed by atoms with Crippen molar-refractivity contribution in [3.63, 3.8) is 0 Å². The van der Waals surface area contributed by atoms with Crippen molar-refractivity contribution in [2.45, 2.75) is 19.9 Å². The lowest BCUT2D eigenvalue weighted by molar-refractivity contribution is -0.148. The van der Waals surface area contributed by atoms with E-state index in [1.54, 1.807) is 14.0 Å². The minimum atomic E-state index is -0.387. The van der Waals surface area contributed by atoms with Crippen molar-refractivity contribution in [1.82, 2.24) is 5.32 Å². The third-order valence-corrected chi connectivity index (χ3v) is 2.32. The van der Waals surface area contributed by atoms with Gasteiger partial charge in [-0.15, -0.1) is 0 Å². The second-order valence-corrected chi connectivity index (χ2v) is 3.60. The largest absolute Gasteiger partial charge is 0.496 e. The number of methoxy groups -OCH3 is 1. The first-order chi connectivity index (χ1) is 8.67. The van der Waals surface area contributed by atoms with Crippen molar-refractivity contribution < 1.29 is 19.1 Å². The number of hydrogen-bond acceptors (Lipinski definition) is 4. The van der Waals surface area contributed by atoms with Gasteiger partial charge in [-0.2, -0.15) is 0 Å². The van der Waals surface area contributed by atoms with Crippen molar-refractivity contribution in [1.29, 1.82) is 0 Å². The van der Waals surface area contributed by atoms with E-state index < -0.39 is 0 Å². The van der Waals surface area contributed by atoms with Gasteiger partial charge >= 0.3 is 5.97 Å². The third-order valence-electron chi connectivity index (χ3n) is 2.32. The molecule has 0 fully saturated rings. The van der Waals surface area contributed by atoms with Gasteiger partial charge in [0.25, 0.3) is 5.91 Å². The molecular weight excluding hydrogens is 234 g/mol. The Morgan fingerprint density at radius 3 is 2.67 bits per heavy atom. The highest BCUT2D eigenvalue weighted by Crippen LogP contribution is 2.16. The highest BCUT2D eigenvalue weighted by molar-refractivity contribution is 5.80. The van der Waals surface area contributed by atoms with Gasteiger partial charge in [0, 0.05) is 18.5 Å². The molecular formula is C13H17NO4. The van der Waals surface area contributed by atoms with Gasteiger partial charge in [-0.3, -0.25) is 9.59 Å². The maximum atomic E-state index is 11.4. The van der Waals surface area contributed by atoms with Crippen molar-refractivity contribution in [3.05, 3.63) is 29.8 Å². The van der Waals surface area contributed by atoms with Crippen LogP contribution in [0.3, 0.4) is 0 Å². The second kappa shape index (κ2) is 7.32. The van der Waals surface area contributed by atoms with Crippen LogP contribution in [0.1, 0.15) is 18.9 Å². The van der Waals surface area contributed by atoms with E-state index in [9.17, 15) is 9.59 Å². The molecule has 0 heterocycles. The van der Waals surface area contributed by atoms with Gasteiger partial charge in [-0.05, 0) is 6.07 Å². The lowest BCUT2D eigenvalue weighted by Gasteiger charge is -2.09. The Bertz CT molecular complexity index is 417. The van der Waals surface area contributed by atoms with Gasteiger partial charge in [0.15, 0.2) is 6.61 Å². The van der Waals surface area contributed by atoms with Gasteiger partial charge in [0.1, 0.15) is 5.75 Å². The molecule has 0 aliphatic heterocycles. The third kappa shape index (κ3) is 4.45. The summed E-state index contributed by atoms with van der Waals surface area (Å²) in [6, 6.07) is 7.39. The molecule has 0 bridgehead atoms. The first-order valence-corrected chi connectivity index (χ1v) is 5.71. The number of ether oxygens (including phenoxy) is 2. The number of hydrogen-bond donors (Lipinski definition) is 1. The van der Waals surface area contributed by atoms with Crippen molar-refractivity contribution >= 4 is 11.9 Å². The standard InChI is InChI=1S/C13H17NO4/c1-3-13(16)18-9-12(15)14-8-10-6-4-5-7-11(10)17-2/h4-7H,3,8-9H2,1-2H3,(H,14,15). The minimum Gasteiger partial charge on any atom is -0.496 e. The van der Waals surface area contributed by atoms with E-state index in [1.807, 2.05) is 24.3 Å². The van der Waals surface area contributed by atoms with Gasteiger partial charge in [0.2, 0.25) is 0 Å². The molecule has 0 unspecified atom stereocenters. The van der Waals surface area contributed by atoms with Crippen LogP contribution in [0.5, 0.6) is 5.75 Å². The Morgan fingerprint density at radius 1 is 1.28 bits per heavy atom. The van der Waals surface area contributed by atoms with Gasteiger partial charge in [-0.1, -0.05) is 25.1 Å². The maximum absolute atomic E-state index is 11.4. The highest BCUT2D eigenvalue weighted by atomic mass is 16.5. The van der Waals surface area contributed by atoms with Gasteiger partial charge in [-0.25, -0.2) is 0 Å². The van der Waals surface area contributed by atoms with E-state index in [0.717, 1.165) is 5.56 Å². The molecule has 0 spiro atoms. The van der Waals surface area contributed by atoms with Crippen LogP contribution in [-0.2, 0) is 20.9 Å². The average Bonchev–Trinajstić information content (AvgIpc) is 2.42. The van der Waals surface area contributed by atoms with Crippen LogP contribution in [0.15, 0.2) is 24.3 Å². The Kier molecular flexibility index (Phi) is 5.70. The molecule has 18 heavy (non-hydrogen) atoms. The number of amides is 1. The molecule has 98 valence electrons. The molecule has 1 amide bonds. The van der Waals surface area contributed by atoms with Gasteiger partial charge in [0.05, 0.1) is 7.11 Å². The molecule has 0 aliphatic rings. The zero-order valence-electron chi connectivity index (χ0n) is 10.6. The zero-order chi connectivity index (χ0) is 13.4. The quantitative estimate of drug-likeness (QED) is 0.773. The van der Waals surface area contributed by atoms with E-state index in [1.165, 1.54) is 0 Å². The van der Waals surface area contributed by atoms with Crippen molar-refractivity contribution in [2.24, 2.45) is 0 Å². The smallest absolute Gasteiger partial charge is 0.306 e. The average molecular weight is 251 g/mol. The summed E-state index contributed by atoms with van der Waals surface area (Å²) in [5.41, 5.74) is 0.871. The monoisotopic (exact) mass is 251 g/mol. The number of esters is 1. The second-order valence-electron chi connectivity index (χ2n) is 3.60. The molecule has 0 atom stereocenters. The van der Waals surface area contributed by atoms with Crippen LogP contribution in [0, 0.1) is 0 Å². The lowest BCUT2D eigenvalue weighted by Crippen LogP contribution is -2.28. The van der Waals surface area contributed by atoms with E-state index in [4.69, 9.17) is 9.47 Å². The summed E-state index contributed by atoms with van der Waals surface area (Å²) in [6.07, 6.45) is 0.264. The normalized spacial score (nSPS) is 9.67. The van der Waals surface area contributed by atoms with Gasteiger partial charge < -0.3 is 14.8 Å². The predicted octanol–water partition coefficient (Wildman–Crippen LogP) is 1.26. The molecule has 0 aliphatic carbocycles. The zero-order valence-corrected chi connectivity index (χ0v) is 10.6. The predicted molar refractivity (Wildman–Crippen MR) is 66.1 cm³/mol. The van der Waals surface area contributed by atoms with E-state index in [0.29, 0.717) is 12.3 Å². The topological polar surface area (TPSA) is 64.6 Å². The van der Waals surface area contributed by atoms with Crippen LogP contribution in [0.25, 0.3) is 0 Å². The fraction of sp³-hybridized carbons (Fsp3) is 0.385. The summed E-state index contributed by atoms with van der Waals surface area (Å²) in [6.45, 7) is 1.77. The lowest BCUT2D eigenvalue weighted by atomic mass is 10.2. The number of carbonyl (C=O) groups is 2. The highest BCUT2D eigenvalue weighted by Gasteiger charge is 2.07. The summed E-state index contributed by atoms with van der Waals surface area (Å²) in [7, 11) is 1.57. The van der Waals surface area contributed by atoms with Crippen molar-refractivity contribution in [3.8, 4) is 5.75 Å². The molecule has 1 aromatic carbocycles. The molecule has 0 saturated carbocycles. The molecule has 1 N–H and O–H groups in total. The summed E-state index contributed by atoms with van der Waals surface area (Å²) in [5.74, 6) is -0.00602. The van der Waals surface area contributed by atoms with Crippen LogP contribution in [0.2, 0.25) is 0 Å². The summed E-state index contributed by atoms with van der Waals surface area (Å²) < 4.78 is 9.87. The fourth-order valence-corrected chi connectivity index (χ4v) is 1.34. The maximum Gasteiger partial charge on any atom is 0.306 e. The van der Waals surface area contributed by atoms with E-state index >= 15 is 0 Å².